The summed E-state index contributed by atoms with van der Waals surface area (Å²) in [5, 5.41) is 0. The normalized spacial score (nSPS) is 15.9. The van der Waals surface area contributed by atoms with Gasteiger partial charge in [-0.05, 0) is 30.2 Å². The standard InChI is InChI=1S/C18H14ClNO2/c1-12(16(11-19)13-7-3-2-4-8-13)20-17(21)14-9-5-6-10-15(14)18(20)22/h2-12H,1H3/b16-11-. The van der Waals surface area contributed by atoms with Crippen LogP contribution in [0.4, 0.5) is 0 Å². The number of halogens is 1. The predicted molar refractivity (Wildman–Crippen MR) is 86.7 cm³/mol. The van der Waals surface area contributed by atoms with E-state index in [4.69, 9.17) is 11.6 Å². The third-order valence-electron chi connectivity index (χ3n) is 3.89. The highest BCUT2D eigenvalue weighted by atomic mass is 35.5. The summed E-state index contributed by atoms with van der Waals surface area (Å²) < 4.78 is 0. The van der Waals surface area contributed by atoms with E-state index in [0.717, 1.165) is 11.1 Å². The Morgan fingerprint density at radius 3 is 1.95 bits per heavy atom. The van der Waals surface area contributed by atoms with E-state index in [1.54, 1.807) is 24.3 Å². The molecule has 2 aromatic rings. The van der Waals surface area contributed by atoms with E-state index in [1.807, 2.05) is 37.3 Å². The van der Waals surface area contributed by atoms with Crippen LogP contribution in [0.3, 0.4) is 0 Å². The van der Waals surface area contributed by atoms with E-state index in [0.29, 0.717) is 11.1 Å². The number of amides is 2. The van der Waals surface area contributed by atoms with Gasteiger partial charge in [-0.25, -0.2) is 0 Å². The molecule has 0 N–H and O–H groups in total. The van der Waals surface area contributed by atoms with Crippen LogP contribution in [0, 0.1) is 0 Å². The number of hydrogen-bond acceptors (Lipinski definition) is 2. The summed E-state index contributed by atoms with van der Waals surface area (Å²) in [5.41, 5.74) is 3.95. The predicted octanol–water partition coefficient (Wildman–Crippen LogP) is 3.95. The maximum Gasteiger partial charge on any atom is 0.262 e. The van der Waals surface area contributed by atoms with Crippen LogP contribution in [-0.4, -0.2) is 22.8 Å². The average Bonchev–Trinajstić information content (AvgIpc) is 2.81. The van der Waals surface area contributed by atoms with Crippen LogP contribution in [0.25, 0.3) is 5.57 Å². The molecule has 3 nitrogen and oxygen atoms in total. The molecule has 0 saturated heterocycles. The second kappa shape index (κ2) is 5.78. The molecule has 0 aromatic heterocycles. The molecule has 1 aliphatic heterocycles. The molecule has 4 heteroatoms. The van der Waals surface area contributed by atoms with Crippen molar-refractivity contribution < 1.29 is 9.59 Å². The Labute approximate surface area is 133 Å². The van der Waals surface area contributed by atoms with Crippen LogP contribution in [0.2, 0.25) is 0 Å². The quantitative estimate of drug-likeness (QED) is 0.805. The molecule has 0 fully saturated rings. The lowest BCUT2D eigenvalue weighted by Gasteiger charge is -2.25. The number of fused-ring (bicyclic) bond motifs is 1. The molecule has 0 aliphatic carbocycles. The van der Waals surface area contributed by atoms with Crippen molar-refractivity contribution in [2.24, 2.45) is 0 Å². The van der Waals surface area contributed by atoms with Gasteiger partial charge in [0, 0.05) is 5.54 Å². The Hall–Kier alpha value is -2.39. The third-order valence-corrected chi connectivity index (χ3v) is 4.12. The summed E-state index contributed by atoms with van der Waals surface area (Å²) in [5.74, 6) is -0.555. The topological polar surface area (TPSA) is 37.4 Å². The van der Waals surface area contributed by atoms with E-state index in [9.17, 15) is 9.59 Å². The fourth-order valence-electron chi connectivity index (χ4n) is 2.72. The zero-order valence-corrected chi connectivity index (χ0v) is 12.7. The van der Waals surface area contributed by atoms with Crippen LogP contribution >= 0.6 is 11.6 Å². The molecule has 3 rings (SSSR count). The molecule has 0 saturated carbocycles. The lowest BCUT2D eigenvalue weighted by Crippen LogP contribution is -2.38. The van der Waals surface area contributed by atoms with Gasteiger partial charge in [0.05, 0.1) is 17.2 Å². The van der Waals surface area contributed by atoms with Gasteiger partial charge in [0.25, 0.3) is 11.8 Å². The van der Waals surface area contributed by atoms with Crippen molar-refractivity contribution in [1.29, 1.82) is 0 Å². The first-order valence-corrected chi connectivity index (χ1v) is 7.41. The molecule has 0 bridgehead atoms. The maximum absolute atomic E-state index is 12.5. The highest BCUT2D eigenvalue weighted by Gasteiger charge is 2.39. The summed E-state index contributed by atoms with van der Waals surface area (Å²) >= 11 is 5.97. The minimum absolute atomic E-state index is 0.278. The Morgan fingerprint density at radius 2 is 1.45 bits per heavy atom. The summed E-state index contributed by atoms with van der Waals surface area (Å²) in [6.45, 7) is 1.81. The van der Waals surface area contributed by atoms with Crippen molar-refractivity contribution in [3.8, 4) is 0 Å². The number of nitrogens with zero attached hydrogens (tertiary/aromatic N) is 1. The third kappa shape index (κ3) is 2.24. The monoisotopic (exact) mass is 311 g/mol. The molecule has 2 aromatic carbocycles. The van der Waals surface area contributed by atoms with E-state index < -0.39 is 6.04 Å². The van der Waals surface area contributed by atoms with Gasteiger partial charge < -0.3 is 0 Å². The minimum Gasteiger partial charge on any atom is -0.269 e. The molecule has 1 heterocycles. The van der Waals surface area contributed by atoms with E-state index in [-0.39, 0.29) is 11.8 Å². The fourth-order valence-corrected chi connectivity index (χ4v) is 3.03. The number of carbonyl (C=O) groups excluding carboxylic acids is 2. The van der Waals surface area contributed by atoms with Crippen molar-refractivity contribution >= 4 is 29.0 Å². The number of hydrogen-bond donors (Lipinski definition) is 0. The Balaban J connectivity index is 1.98. The first kappa shape index (κ1) is 14.5. The van der Waals surface area contributed by atoms with Crippen molar-refractivity contribution in [3.63, 3.8) is 0 Å². The van der Waals surface area contributed by atoms with Crippen molar-refractivity contribution in [1.82, 2.24) is 4.90 Å². The van der Waals surface area contributed by atoms with Gasteiger partial charge in [-0.3, -0.25) is 14.5 Å². The first-order chi connectivity index (χ1) is 10.6. The van der Waals surface area contributed by atoms with Crippen molar-refractivity contribution in [3.05, 3.63) is 76.8 Å². The molecule has 0 spiro atoms. The van der Waals surface area contributed by atoms with Crippen molar-refractivity contribution in [2.45, 2.75) is 13.0 Å². The van der Waals surface area contributed by atoms with Crippen LogP contribution in [-0.2, 0) is 0 Å². The van der Waals surface area contributed by atoms with Crippen molar-refractivity contribution in [2.75, 3.05) is 0 Å². The SMILES string of the molecule is CC(/C(=C/Cl)c1ccccc1)N1C(=O)c2ccccc2C1=O. The second-order valence-corrected chi connectivity index (χ2v) is 5.35. The second-order valence-electron chi connectivity index (χ2n) is 5.13. The van der Waals surface area contributed by atoms with Crippen LogP contribution in [0.5, 0.6) is 0 Å². The largest absolute Gasteiger partial charge is 0.269 e. The molecular formula is C18H14ClNO2. The van der Waals surface area contributed by atoms with Gasteiger partial charge >= 0.3 is 0 Å². The Morgan fingerprint density at radius 1 is 0.955 bits per heavy atom. The molecule has 1 unspecified atom stereocenters. The minimum atomic E-state index is -0.438. The van der Waals surface area contributed by atoms with Crippen LogP contribution < -0.4 is 0 Å². The number of benzene rings is 2. The summed E-state index contributed by atoms with van der Waals surface area (Å²) in [7, 11) is 0. The van der Waals surface area contributed by atoms with Crippen LogP contribution in [0.15, 0.2) is 60.1 Å². The molecule has 0 radical (unpaired) electrons. The fraction of sp³-hybridized carbons (Fsp3) is 0.111. The maximum atomic E-state index is 12.5. The average molecular weight is 312 g/mol. The summed E-state index contributed by atoms with van der Waals surface area (Å²) in [4.78, 5) is 26.3. The van der Waals surface area contributed by atoms with Gasteiger partial charge in [-0.2, -0.15) is 0 Å². The molecule has 2 amide bonds. The molecule has 110 valence electrons. The molecular weight excluding hydrogens is 298 g/mol. The van der Waals surface area contributed by atoms with Gasteiger partial charge in [-0.15, -0.1) is 0 Å². The Kier molecular flexibility index (Phi) is 3.82. The van der Waals surface area contributed by atoms with E-state index >= 15 is 0 Å². The lowest BCUT2D eigenvalue weighted by atomic mass is 10.0. The Bertz CT molecular complexity index is 733. The summed E-state index contributed by atoms with van der Waals surface area (Å²) in [6.07, 6.45) is 0. The van der Waals surface area contributed by atoms with E-state index in [1.165, 1.54) is 10.4 Å². The smallest absolute Gasteiger partial charge is 0.262 e. The highest BCUT2D eigenvalue weighted by Crippen LogP contribution is 2.30. The lowest BCUT2D eigenvalue weighted by molar-refractivity contribution is 0.0630. The van der Waals surface area contributed by atoms with E-state index in [2.05, 4.69) is 0 Å². The number of carbonyl (C=O) groups is 2. The highest BCUT2D eigenvalue weighted by molar-refractivity contribution is 6.29. The van der Waals surface area contributed by atoms with Gasteiger partial charge in [0.15, 0.2) is 0 Å². The summed E-state index contributed by atoms with van der Waals surface area (Å²) in [6, 6.07) is 15.9. The van der Waals surface area contributed by atoms with Gasteiger partial charge in [-0.1, -0.05) is 54.1 Å². The number of rotatable bonds is 3. The zero-order valence-electron chi connectivity index (χ0n) is 12.0. The number of imide groups is 1. The zero-order chi connectivity index (χ0) is 15.7. The van der Waals surface area contributed by atoms with Gasteiger partial charge in [0.1, 0.15) is 0 Å². The molecule has 1 atom stereocenters. The molecule has 1 aliphatic rings. The van der Waals surface area contributed by atoms with Gasteiger partial charge in [0.2, 0.25) is 0 Å². The van der Waals surface area contributed by atoms with Crippen LogP contribution in [0.1, 0.15) is 33.2 Å². The molecule has 22 heavy (non-hydrogen) atoms. The first-order valence-electron chi connectivity index (χ1n) is 6.97.